The summed E-state index contributed by atoms with van der Waals surface area (Å²) >= 11 is 5.95. The molecule has 2 aromatic carbocycles. The Hall–Kier alpha value is -2.28. The van der Waals surface area contributed by atoms with Gasteiger partial charge in [0.25, 0.3) is 0 Å². The number of sulfonamides is 1. The van der Waals surface area contributed by atoms with Crippen LogP contribution in [0.1, 0.15) is 38.7 Å². The van der Waals surface area contributed by atoms with E-state index < -0.39 is 83.1 Å². The fraction of sp³-hybridized carbons (Fsp3) is 0.458. The molecule has 0 aromatic heterocycles. The van der Waals surface area contributed by atoms with Crippen molar-refractivity contribution in [2.24, 2.45) is 11.8 Å². The molecule has 1 saturated carbocycles. The van der Waals surface area contributed by atoms with Gasteiger partial charge in [0, 0.05) is 17.0 Å². The molecule has 2 fully saturated rings. The van der Waals surface area contributed by atoms with E-state index in [2.05, 4.69) is 4.72 Å². The van der Waals surface area contributed by atoms with E-state index in [9.17, 15) is 31.1 Å². The number of aliphatic carboxylic acids is 1. The van der Waals surface area contributed by atoms with Gasteiger partial charge in [0.15, 0.2) is 21.4 Å². The van der Waals surface area contributed by atoms with Crippen molar-refractivity contribution < 1.29 is 40.3 Å². The highest BCUT2D eigenvalue weighted by molar-refractivity contribution is 7.92. The zero-order valence-corrected chi connectivity index (χ0v) is 21.0. The molecule has 5 atom stereocenters. The maximum atomic E-state index is 15.5. The zero-order chi connectivity index (χ0) is 26.0. The Morgan fingerprint density at radius 3 is 2.46 bits per heavy atom. The third-order valence-corrected chi connectivity index (χ3v) is 12.3. The third-order valence-electron chi connectivity index (χ3n) is 7.64. The number of fused-ring (bicyclic) bond motifs is 5. The number of ether oxygens (including phenoxy) is 1. The number of halogens is 3. The number of carbonyl (C=O) groups is 1. The molecule has 3 aliphatic rings. The second kappa shape index (κ2) is 9.48. The molecule has 1 aliphatic carbocycles. The zero-order valence-electron chi connectivity index (χ0n) is 18.7. The van der Waals surface area contributed by atoms with Crippen LogP contribution in [0, 0.1) is 23.5 Å². The van der Waals surface area contributed by atoms with E-state index in [4.69, 9.17) is 16.3 Å². The summed E-state index contributed by atoms with van der Waals surface area (Å²) in [5.74, 6) is -5.36. The number of benzene rings is 2. The van der Waals surface area contributed by atoms with Gasteiger partial charge in [0.2, 0.25) is 10.0 Å². The molecule has 0 radical (unpaired) electrons. The smallest absolute Gasteiger partial charge is 0.304 e. The van der Waals surface area contributed by atoms with Crippen LogP contribution in [0.3, 0.4) is 0 Å². The van der Waals surface area contributed by atoms with E-state index in [1.165, 1.54) is 24.3 Å². The second-order valence-corrected chi connectivity index (χ2v) is 14.1. The van der Waals surface area contributed by atoms with E-state index >= 15 is 4.39 Å². The summed E-state index contributed by atoms with van der Waals surface area (Å²) in [6.45, 7) is -0.317. The van der Waals surface area contributed by atoms with Gasteiger partial charge < -0.3 is 9.84 Å². The van der Waals surface area contributed by atoms with Crippen molar-refractivity contribution in [3.05, 3.63) is 58.6 Å². The molecular weight excluding hydrogens is 552 g/mol. The van der Waals surface area contributed by atoms with E-state index in [0.717, 1.165) is 12.1 Å². The van der Waals surface area contributed by atoms with Crippen molar-refractivity contribution in [3.63, 3.8) is 0 Å². The summed E-state index contributed by atoms with van der Waals surface area (Å²) in [5.41, 5.74) is -0.421. The summed E-state index contributed by atoms with van der Waals surface area (Å²) < 4.78 is 90.5. The molecule has 37 heavy (non-hydrogen) atoms. The van der Waals surface area contributed by atoms with Crippen LogP contribution >= 0.6 is 11.6 Å². The molecule has 5 rings (SSSR count). The van der Waals surface area contributed by atoms with Crippen LogP contribution in [0.25, 0.3) is 0 Å². The Labute approximate surface area is 218 Å². The number of hydrogen-bond acceptors (Lipinski definition) is 6. The molecule has 0 amide bonds. The van der Waals surface area contributed by atoms with Crippen LogP contribution in [-0.2, 0) is 29.4 Å². The van der Waals surface area contributed by atoms with Gasteiger partial charge in [-0.1, -0.05) is 19.0 Å². The van der Waals surface area contributed by atoms with Gasteiger partial charge in [-0.15, -0.1) is 0 Å². The van der Waals surface area contributed by atoms with Crippen molar-refractivity contribution in [2.75, 3.05) is 6.61 Å². The topological polar surface area (TPSA) is 127 Å². The minimum absolute atomic E-state index is 0. The Morgan fingerprint density at radius 1 is 1.16 bits per heavy atom. The SMILES string of the molecule is C.O=C(O)C[C@@H]1C[C@@H]2[C@@H](CC[C@@]3(S(=O)(=O)c4ccc(Cl)cc4)c4c(F)ccc(F)c4OC[C@@H]23)NS1(=O)=O. The second-order valence-electron chi connectivity index (χ2n) is 9.43. The monoisotopic (exact) mass is 577 g/mol. The average molecular weight is 578 g/mol. The predicted octanol–water partition coefficient (Wildman–Crippen LogP) is 3.88. The Morgan fingerprint density at radius 2 is 1.81 bits per heavy atom. The average Bonchev–Trinajstić information content (AvgIpc) is 2.81. The Kier molecular flexibility index (Phi) is 7.11. The molecule has 13 heteroatoms. The lowest BCUT2D eigenvalue weighted by Crippen LogP contribution is -2.64. The van der Waals surface area contributed by atoms with Crippen molar-refractivity contribution >= 4 is 37.4 Å². The molecule has 1 saturated heterocycles. The van der Waals surface area contributed by atoms with Gasteiger partial charge in [-0.05, 0) is 61.6 Å². The highest BCUT2D eigenvalue weighted by Gasteiger charge is 2.64. The van der Waals surface area contributed by atoms with Crippen molar-refractivity contribution in [3.8, 4) is 5.75 Å². The summed E-state index contributed by atoms with van der Waals surface area (Å²) in [7, 11) is -8.40. The van der Waals surface area contributed by atoms with Crippen LogP contribution in [0.15, 0.2) is 41.3 Å². The number of carboxylic acids is 1. The molecule has 0 unspecified atom stereocenters. The van der Waals surface area contributed by atoms with Gasteiger partial charge in [-0.2, -0.15) is 0 Å². The first-order valence-electron chi connectivity index (χ1n) is 11.2. The highest BCUT2D eigenvalue weighted by atomic mass is 35.5. The predicted molar refractivity (Wildman–Crippen MR) is 132 cm³/mol. The van der Waals surface area contributed by atoms with E-state index in [0.29, 0.717) is 0 Å². The van der Waals surface area contributed by atoms with Gasteiger partial charge in [0.05, 0.1) is 28.7 Å². The van der Waals surface area contributed by atoms with Crippen molar-refractivity contribution in [1.82, 2.24) is 4.72 Å². The normalized spacial score (nSPS) is 30.0. The molecule has 0 bridgehead atoms. The van der Waals surface area contributed by atoms with E-state index in [1.54, 1.807) is 0 Å². The number of rotatable bonds is 4. The maximum absolute atomic E-state index is 15.5. The minimum atomic E-state index is -4.41. The lowest BCUT2D eigenvalue weighted by atomic mass is 9.64. The number of hydrogen-bond donors (Lipinski definition) is 2. The summed E-state index contributed by atoms with van der Waals surface area (Å²) in [6.07, 6.45) is -1.03. The molecule has 202 valence electrons. The van der Waals surface area contributed by atoms with Crippen molar-refractivity contribution in [2.45, 2.75) is 54.0 Å². The molecule has 2 N–H and O–H groups in total. The Bertz CT molecular complexity index is 1450. The summed E-state index contributed by atoms with van der Waals surface area (Å²) in [6, 6.07) is 6.34. The van der Waals surface area contributed by atoms with Gasteiger partial charge >= 0.3 is 5.97 Å². The van der Waals surface area contributed by atoms with Crippen molar-refractivity contribution in [1.29, 1.82) is 0 Å². The first kappa shape index (κ1) is 27.7. The number of carboxylic acid groups (broad SMARTS) is 1. The van der Waals surface area contributed by atoms with Crippen LogP contribution in [0.4, 0.5) is 8.78 Å². The largest absolute Gasteiger partial charge is 0.490 e. The first-order chi connectivity index (χ1) is 16.9. The Balaban J connectivity index is 0.00000320. The highest BCUT2D eigenvalue weighted by Crippen LogP contribution is 2.59. The molecule has 0 spiro atoms. The van der Waals surface area contributed by atoms with Gasteiger partial charge in [0.1, 0.15) is 10.6 Å². The summed E-state index contributed by atoms with van der Waals surface area (Å²) in [4.78, 5) is 11.2. The summed E-state index contributed by atoms with van der Waals surface area (Å²) in [5, 5.41) is 8.23. The lowest BCUT2D eigenvalue weighted by Gasteiger charge is -2.54. The van der Waals surface area contributed by atoms with Crippen LogP contribution in [0.2, 0.25) is 5.02 Å². The minimum Gasteiger partial charge on any atom is -0.490 e. The molecule has 2 heterocycles. The number of sulfone groups is 1. The molecule has 2 aliphatic heterocycles. The first-order valence-corrected chi connectivity index (χ1v) is 14.6. The van der Waals surface area contributed by atoms with Crippen LogP contribution in [-0.4, -0.2) is 45.8 Å². The van der Waals surface area contributed by atoms with Crippen LogP contribution < -0.4 is 9.46 Å². The lowest BCUT2D eigenvalue weighted by molar-refractivity contribution is -0.137. The van der Waals surface area contributed by atoms with Gasteiger partial charge in [-0.3, -0.25) is 4.79 Å². The third kappa shape index (κ3) is 4.21. The van der Waals surface area contributed by atoms with Gasteiger partial charge in [-0.25, -0.2) is 30.3 Å². The maximum Gasteiger partial charge on any atom is 0.304 e. The fourth-order valence-electron chi connectivity index (χ4n) is 6.10. The number of nitrogens with one attached hydrogen (secondary N) is 1. The fourth-order valence-corrected chi connectivity index (χ4v) is 10.4. The van der Waals surface area contributed by atoms with E-state index in [-0.39, 0.29) is 43.2 Å². The molecule has 2 aromatic rings. The molecular formula is C24H26ClF2NO7S2. The standard InChI is InChI=1S/C23H22ClF2NO7S2.CH4/c24-12-1-3-13(4-2-12)35(30,31)23-8-7-19-15(9-14(10-20(28)29)36(32,33)27-19)16(23)11-34-22-18(26)6-5-17(25)21(22)23;/h1-6,14-16,19,27H,7-11H2,(H,28,29);1H4/t14-,15-,16-,19+,23-;/m0./s1. The van der Waals surface area contributed by atoms with Crippen LogP contribution in [0.5, 0.6) is 5.75 Å². The quantitative estimate of drug-likeness (QED) is 0.564. The molecule has 8 nitrogen and oxygen atoms in total. The van der Waals surface area contributed by atoms with E-state index in [1.807, 2.05) is 0 Å².